The predicted molar refractivity (Wildman–Crippen MR) is 175 cm³/mol. The largest absolute Gasteiger partial charge is 0.296 e. The van der Waals surface area contributed by atoms with E-state index in [-0.39, 0.29) is 20.1 Å². The Balaban J connectivity index is 0.00000256. The van der Waals surface area contributed by atoms with Crippen molar-refractivity contribution in [3.05, 3.63) is 121 Å². The summed E-state index contributed by atoms with van der Waals surface area (Å²) in [6.45, 7) is 0. The van der Waals surface area contributed by atoms with Gasteiger partial charge in [-0.3, -0.25) is 4.98 Å². The Bertz CT molecular complexity index is 2160. The second kappa shape index (κ2) is 9.64. The van der Waals surface area contributed by atoms with Crippen LogP contribution in [-0.4, -0.2) is 4.98 Å². The molecule has 6 heteroatoms. The van der Waals surface area contributed by atoms with Gasteiger partial charge < -0.3 is 0 Å². The number of benzene rings is 6. The van der Waals surface area contributed by atoms with Crippen LogP contribution >= 0.6 is 29.6 Å². The number of aromatic nitrogens is 1. The first kappa shape index (κ1) is 25.9. The molecule has 1 nitrogen and oxygen atoms in total. The van der Waals surface area contributed by atoms with E-state index in [9.17, 15) is 0 Å². The molecular formula is C35H19IrNPS3-. The monoisotopic (exact) mass is 773 g/mol. The van der Waals surface area contributed by atoms with E-state index in [1.807, 2.05) is 29.6 Å². The van der Waals surface area contributed by atoms with Gasteiger partial charge in [-0.1, -0.05) is 106 Å². The minimum Gasteiger partial charge on any atom is -0.296 e. The van der Waals surface area contributed by atoms with E-state index in [0.29, 0.717) is 0 Å². The minimum atomic E-state index is -2.33. The van der Waals surface area contributed by atoms with Crippen molar-refractivity contribution in [2.45, 2.75) is 19.6 Å². The van der Waals surface area contributed by atoms with Crippen molar-refractivity contribution in [1.82, 2.24) is 4.98 Å². The van der Waals surface area contributed by atoms with E-state index >= 15 is 0 Å². The van der Waals surface area contributed by atoms with Gasteiger partial charge in [0, 0.05) is 46.5 Å². The molecule has 197 valence electrons. The molecule has 41 heavy (non-hydrogen) atoms. The maximum Gasteiger partial charge on any atom is 0.0595 e. The Kier molecular flexibility index (Phi) is 6.10. The number of nitrogens with zero attached hydrogens (tertiary/aromatic N) is 1. The van der Waals surface area contributed by atoms with Crippen LogP contribution < -0.4 is 15.9 Å². The van der Waals surface area contributed by atoms with Crippen LogP contribution in [0.3, 0.4) is 0 Å². The molecular weight excluding hydrogens is 754 g/mol. The van der Waals surface area contributed by atoms with Gasteiger partial charge in [-0.2, -0.15) is 0 Å². The molecule has 1 radical (unpaired) electrons. The Morgan fingerprint density at radius 2 is 1.15 bits per heavy atom. The zero-order valence-electron chi connectivity index (χ0n) is 21.4. The summed E-state index contributed by atoms with van der Waals surface area (Å²) in [5.41, 5.74) is 2.97. The van der Waals surface area contributed by atoms with Gasteiger partial charge in [0.25, 0.3) is 0 Å². The van der Waals surface area contributed by atoms with Gasteiger partial charge in [-0.15, -0.1) is 41.2 Å². The van der Waals surface area contributed by atoms with Gasteiger partial charge in [0.1, 0.15) is 0 Å². The number of rotatable bonds is 1. The third kappa shape index (κ3) is 3.88. The third-order valence-corrected chi connectivity index (χ3v) is 15.6. The summed E-state index contributed by atoms with van der Waals surface area (Å²) >= 11 is 10.6. The van der Waals surface area contributed by atoms with Crippen LogP contribution in [0.25, 0.3) is 43.7 Å². The van der Waals surface area contributed by atoms with Gasteiger partial charge in [0.05, 0.1) is 5.52 Å². The minimum absolute atomic E-state index is 0. The molecule has 0 aliphatic carbocycles. The van der Waals surface area contributed by atoms with Crippen molar-refractivity contribution in [3.63, 3.8) is 0 Å². The molecule has 0 saturated carbocycles. The summed E-state index contributed by atoms with van der Waals surface area (Å²) in [6, 6.07) is 43.0. The average Bonchev–Trinajstić information content (AvgIpc) is 2.99. The Morgan fingerprint density at radius 1 is 0.585 bits per heavy atom. The number of hydrogen-bond donors (Lipinski definition) is 0. The maximum atomic E-state index is 6.96. The average molecular weight is 773 g/mol. The van der Waals surface area contributed by atoms with Crippen LogP contribution in [0.5, 0.6) is 0 Å². The van der Waals surface area contributed by atoms with Crippen LogP contribution in [-0.2, 0) is 31.9 Å². The molecule has 2 aliphatic rings. The molecule has 0 spiro atoms. The quantitative estimate of drug-likeness (QED) is 0.122. The number of para-hydroxylation sites is 1. The van der Waals surface area contributed by atoms with E-state index in [4.69, 9.17) is 16.8 Å². The smallest absolute Gasteiger partial charge is 0.0595 e. The standard InChI is InChI=1S/C35H19NPS3.Ir/c38-37-29-15-22-8-1-3-10-24(22)17-31(29)39-33-19-26(28-14-13-21-7-5-6-12-27(21)36-28)20-34(35(33)37)40-32-18-25-11-4-2-9-23(25)16-30(32)37;/h1-19H;/q-1;. The topological polar surface area (TPSA) is 12.9 Å². The Hall–Kier alpha value is -2.75. The summed E-state index contributed by atoms with van der Waals surface area (Å²) in [6.07, 6.45) is 0. The maximum absolute atomic E-state index is 6.96. The summed E-state index contributed by atoms with van der Waals surface area (Å²) in [7, 11) is 0. The molecule has 7 aromatic rings. The van der Waals surface area contributed by atoms with E-state index < -0.39 is 6.04 Å². The van der Waals surface area contributed by atoms with Gasteiger partial charge in [0.15, 0.2) is 0 Å². The van der Waals surface area contributed by atoms with Crippen molar-refractivity contribution in [2.75, 3.05) is 0 Å². The van der Waals surface area contributed by atoms with Crippen LogP contribution in [0.4, 0.5) is 0 Å². The molecule has 1 unspecified atom stereocenters. The van der Waals surface area contributed by atoms with Crippen LogP contribution in [0.1, 0.15) is 0 Å². The van der Waals surface area contributed by atoms with Crippen molar-refractivity contribution in [2.24, 2.45) is 0 Å². The van der Waals surface area contributed by atoms with Crippen molar-refractivity contribution < 1.29 is 20.1 Å². The van der Waals surface area contributed by atoms with Crippen LogP contribution in [0.2, 0.25) is 0 Å². The first-order valence-corrected chi connectivity index (χ1v) is 17.6. The fourth-order valence-electron chi connectivity index (χ4n) is 6.00. The van der Waals surface area contributed by atoms with E-state index in [2.05, 4.69) is 115 Å². The molecule has 0 bridgehead atoms. The zero-order chi connectivity index (χ0) is 26.4. The molecule has 1 aromatic heterocycles. The fourth-order valence-corrected chi connectivity index (χ4v) is 15.2. The zero-order valence-corrected chi connectivity index (χ0v) is 27.2. The van der Waals surface area contributed by atoms with Gasteiger partial charge in [-0.25, -0.2) is 0 Å². The number of fused-ring (bicyclic) bond motifs is 7. The summed E-state index contributed by atoms with van der Waals surface area (Å²) in [5.74, 6) is 0. The number of pyridine rings is 1. The van der Waals surface area contributed by atoms with Gasteiger partial charge in [0.2, 0.25) is 0 Å². The van der Waals surface area contributed by atoms with Crippen molar-refractivity contribution in [3.8, 4) is 11.3 Å². The summed E-state index contributed by atoms with van der Waals surface area (Å²) in [5, 5.41) is 10.1. The van der Waals surface area contributed by atoms with E-state index in [0.717, 1.165) is 27.1 Å². The molecule has 1 atom stereocenters. The van der Waals surface area contributed by atoms with E-state index in [1.165, 1.54) is 52.1 Å². The third-order valence-electron chi connectivity index (χ3n) is 7.93. The molecule has 0 saturated heterocycles. The van der Waals surface area contributed by atoms with Crippen molar-refractivity contribution >= 4 is 89.7 Å². The molecule has 0 N–H and O–H groups in total. The molecule has 2 aliphatic heterocycles. The summed E-state index contributed by atoms with van der Waals surface area (Å²) in [4.78, 5) is 9.96. The Labute approximate surface area is 265 Å². The second-order valence-electron chi connectivity index (χ2n) is 10.3. The normalized spacial score (nSPS) is 16.6. The predicted octanol–water partition coefficient (Wildman–Crippen LogP) is 8.69. The first-order valence-electron chi connectivity index (χ1n) is 13.1. The second-order valence-corrected chi connectivity index (χ2v) is 16.7. The van der Waals surface area contributed by atoms with Crippen LogP contribution in [0.15, 0.2) is 135 Å². The molecule has 9 rings (SSSR count). The first-order chi connectivity index (χ1) is 19.6. The molecule has 6 aromatic carbocycles. The summed E-state index contributed by atoms with van der Waals surface area (Å²) < 4.78 is 0. The Morgan fingerprint density at radius 3 is 1.80 bits per heavy atom. The van der Waals surface area contributed by atoms with Crippen molar-refractivity contribution in [1.29, 1.82) is 0 Å². The van der Waals surface area contributed by atoms with Crippen LogP contribution in [0, 0.1) is 6.07 Å². The fraction of sp³-hybridized carbons (Fsp3) is 0. The number of hydrogen-bond acceptors (Lipinski definition) is 4. The molecule has 3 heterocycles. The molecule has 0 fully saturated rings. The SMILES string of the molecule is S=P12c3cc4ccccc4cc3Sc3[c-]c(-c4ccc5ccccc5n4)cc(c31)Sc1cc3ccccc3cc12.[Ir]. The van der Waals surface area contributed by atoms with E-state index in [1.54, 1.807) is 0 Å². The van der Waals surface area contributed by atoms with Gasteiger partial charge in [-0.05, 0) is 63.0 Å². The van der Waals surface area contributed by atoms with Gasteiger partial charge >= 0.3 is 0 Å². The molecule has 0 amide bonds.